The van der Waals surface area contributed by atoms with E-state index in [4.69, 9.17) is 24.4 Å². The zero-order chi connectivity index (χ0) is 17.5. The van der Waals surface area contributed by atoms with Crippen LogP contribution in [-0.4, -0.2) is 10.2 Å². The molecule has 0 spiro atoms. The lowest BCUT2D eigenvalue weighted by molar-refractivity contribution is 0.884. The van der Waals surface area contributed by atoms with Crippen LogP contribution in [0.3, 0.4) is 0 Å². The molecule has 0 aliphatic carbocycles. The summed E-state index contributed by atoms with van der Waals surface area (Å²) in [6.07, 6.45) is 0.936. The van der Waals surface area contributed by atoms with Crippen LogP contribution in [-0.2, 0) is 6.42 Å². The number of aryl methyl sites for hydroxylation is 2. The minimum atomic E-state index is 0.455. The Hall–Kier alpha value is -2.18. The Labute approximate surface area is 154 Å². The van der Waals surface area contributed by atoms with E-state index in [0.717, 1.165) is 17.8 Å². The van der Waals surface area contributed by atoms with Crippen molar-refractivity contribution in [2.75, 3.05) is 10.6 Å². The highest BCUT2D eigenvalue weighted by Gasteiger charge is 2.05. The largest absolute Gasteiger partial charge is 0.331 e. The first-order valence-corrected chi connectivity index (χ1v) is 8.61. The number of para-hydroxylation sites is 1. The first kappa shape index (κ1) is 18.2. The third-order valence-corrected chi connectivity index (χ3v) is 4.20. The van der Waals surface area contributed by atoms with Crippen molar-refractivity contribution in [2.45, 2.75) is 27.2 Å². The van der Waals surface area contributed by atoms with Gasteiger partial charge in [0.1, 0.15) is 0 Å². The summed E-state index contributed by atoms with van der Waals surface area (Å²) in [7, 11) is 0. The molecule has 0 saturated heterocycles. The van der Waals surface area contributed by atoms with Crippen molar-refractivity contribution in [3.8, 4) is 0 Å². The molecule has 2 rings (SSSR count). The highest BCUT2D eigenvalue weighted by Crippen LogP contribution is 2.17. The van der Waals surface area contributed by atoms with Gasteiger partial charge in [0.25, 0.3) is 0 Å². The van der Waals surface area contributed by atoms with Crippen LogP contribution in [0.5, 0.6) is 0 Å². The molecule has 2 aromatic carbocycles. The Morgan fingerprint density at radius 2 is 1.42 bits per heavy atom. The third-order valence-electron chi connectivity index (χ3n) is 3.79. The molecule has 0 aromatic heterocycles. The third kappa shape index (κ3) is 4.91. The summed E-state index contributed by atoms with van der Waals surface area (Å²) >= 11 is 10.6. The number of hydrogen-bond donors (Lipinski definition) is 4. The van der Waals surface area contributed by atoms with Crippen molar-refractivity contribution in [3.63, 3.8) is 0 Å². The average molecular weight is 359 g/mol. The summed E-state index contributed by atoms with van der Waals surface area (Å²) in [6, 6.07) is 14.1. The van der Waals surface area contributed by atoms with E-state index in [1.165, 1.54) is 16.7 Å². The number of hydrogen-bond acceptors (Lipinski definition) is 2. The zero-order valence-electron chi connectivity index (χ0n) is 14.1. The predicted octanol–water partition coefficient (Wildman–Crippen LogP) is 4.05. The standard InChI is InChI=1S/C18H22N4S2/c1-4-14-9-5-6-10-16(14)20-18(24)22-21-17(23)19-15-11-7-8-12(2)13(15)3/h5-11H,4H2,1-3H3,(H2,19,21,23)(H2,20,22,24). The van der Waals surface area contributed by atoms with Crippen molar-refractivity contribution < 1.29 is 0 Å². The molecule has 126 valence electrons. The molecule has 6 heteroatoms. The van der Waals surface area contributed by atoms with Crippen LogP contribution in [0.15, 0.2) is 42.5 Å². The van der Waals surface area contributed by atoms with E-state index >= 15 is 0 Å². The van der Waals surface area contributed by atoms with E-state index in [9.17, 15) is 0 Å². The Morgan fingerprint density at radius 3 is 2.08 bits per heavy atom. The molecule has 24 heavy (non-hydrogen) atoms. The highest BCUT2D eigenvalue weighted by atomic mass is 32.1. The van der Waals surface area contributed by atoms with E-state index in [2.05, 4.69) is 54.4 Å². The van der Waals surface area contributed by atoms with Gasteiger partial charge in [-0.25, -0.2) is 0 Å². The fourth-order valence-electron chi connectivity index (χ4n) is 2.26. The molecule has 0 aliphatic rings. The Bertz CT molecular complexity index is 744. The van der Waals surface area contributed by atoms with E-state index in [1.807, 2.05) is 30.3 Å². The summed E-state index contributed by atoms with van der Waals surface area (Å²) in [4.78, 5) is 0. The maximum absolute atomic E-state index is 5.30. The normalized spacial score (nSPS) is 9.96. The molecule has 0 atom stereocenters. The summed E-state index contributed by atoms with van der Waals surface area (Å²) in [5.74, 6) is 0. The molecule has 0 aliphatic heterocycles. The number of hydrazine groups is 1. The number of anilines is 2. The summed E-state index contributed by atoms with van der Waals surface area (Å²) < 4.78 is 0. The second kappa shape index (κ2) is 8.61. The number of rotatable bonds is 3. The van der Waals surface area contributed by atoms with E-state index < -0.39 is 0 Å². The maximum Gasteiger partial charge on any atom is 0.189 e. The maximum atomic E-state index is 5.30. The summed E-state index contributed by atoms with van der Waals surface area (Å²) in [5, 5.41) is 7.25. The lowest BCUT2D eigenvalue weighted by Gasteiger charge is -2.17. The Morgan fingerprint density at radius 1 is 0.833 bits per heavy atom. The van der Waals surface area contributed by atoms with Crippen molar-refractivity contribution in [3.05, 3.63) is 59.2 Å². The van der Waals surface area contributed by atoms with E-state index in [-0.39, 0.29) is 0 Å². The molecule has 0 amide bonds. The van der Waals surface area contributed by atoms with Gasteiger partial charge in [0.15, 0.2) is 10.2 Å². The first-order valence-electron chi connectivity index (χ1n) is 7.79. The van der Waals surface area contributed by atoms with Crippen molar-refractivity contribution in [2.24, 2.45) is 0 Å². The molecule has 4 N–H and O–H groups in total. The molecule has 0 fully saturated rings. The van der Waals surface area contributed by atoms with Crippen LogP contribution in [0.2, 0.25) is 0 Å². The van der Waals surface area contributed by atoms with Crippen LogP contribution in [0, 0.1) is 13.8 Å². The summed E-state index contributed by atoms with van der Waals surface area (Å²) in [6.45, 7) is 6.24. The van der Waals surface area contributed by atoms with Gasteiger partial charge in [-0.1, -0.05) is 37.3 Å². The molecule has 0 bridgehead atoms. The van der Waals surface area contributed by atoms with Gasteiger partial charge < -0.3 is 10.6 Å². The van der Waals surface area contributed by atoms with E-state index in [1.54, 1.807) is 0 Å². The number of thiocarbonyl (C=S) groups is 2. The first-order chi connectivity index (χ1) is 11.5. The van der Waals surface area contributed by atoms with Crippen molar-refractivity contribution in [1.29, 1.82) is 0 Å². The van der Waals surface area contributed by atoms with Gasteiger partial charge in [-0.15, -0.1) is 0 Å². The molecule has 0 saturated carbocycles. The van der Waals surface area contributed by atoms with Crippen LogP contribution in [0.4, 0.5) is 11.4 Å². The Balaban J connectivity index is 1.87. The van der Waals surface area contributed by atoms with Crippen LogP contribution >= 0.6 is 24.4 Å². The van der Waals surface area contributed by atoms with E-state index in [0.29, 0.717) is 10.2 Å². The molecule has 0 radical (unpaired) electrons. The monoisotopic (exact) mass is 358 g/mol. The molecule has 0 heterocycles. The second-order valence-electron chi connectivity index (χ2n) is 5.42. The van der Waals surface area contributed by atoms with Crippen molar-refractivity contribution >= 4 is 46.0 Å². The van der Waals surface area contributed by atoms with Gasteiger partial charge in [-0.05, 0) is 73.5 Å². The number of benzene rings is 2. The zero-order valence-corrected chi connectivity index (χ0v) is 15.7. The lowest BCUT2D eigenvalue weighted by Crippen LogP contribution is -2.45. The topological polar surface area (TPSA) is 48.1 Å². The quantitative estimate of drug-likeness (QED) is 0.490. The fraction of sp³-hybridized carbons (Fsp3) is 0.222. The highest BCUT2D eigenvalue weighted by molar-refractivity contribution is 7.81. The van der Waals surface area contributed by atoms with Gasteiger partial charge in [0.2, 0.25) is 0 Å². The van der Waals surface area contributed by atoms with Gasteiger partial charge in [0.05, 0.1) is 0 Å². The fourth-order valence-corrected chi connectivity index (χ4v) is 2.58. The molecule has 4 nitrogen and oxygen atoms in total. The minimum Gasteiger partial charge on any atom is -0.331 e. The molecular weight excluding hydrogens is 336 g/mol. The molecule has 2 aromatic rings. The second-order valence-corrected chi connectivity index (χ2v) is 6.23. The van der Waals surface area contributed by atoms with Crippen LogP contribution in [0.1, 0.15) is 23.6 Å². The Kier molecular flexibility index (Phi) is 6.52. The molecule has 0 unspecified atom stereocenters. The molecular formula is C18H22N4S2. The van der Waals surface area contributed by atoms with Gasteiger partial charge in [-0.3, -0.25) is 10.9 Å². The number of nitrogens with one attached hydrogen (secondary N) is 4. The van der Waals surface area contributed by atoms with Gasteiger partial charge in [0, 0.05) is 11.4 Å². The smallest absolute Gasteiger partial charge is 0.189 e. The van der Waals surface area contributed by atoms with Crippen molar-refractivity contribution in [1.82, 2.24) is 10.9 Å². The minimum absolute atomic E-state index is 0.455. The lowest BCUT2D eigenvalue weighted by atomic mass is 10.1. The predicted molar refractivity (Wildman–Crippen MR) is 110 cm³/mol. The van der Waals surface area contributed by atoms with Gasteiger partial charge in [-0.2, -0.15) is 0 Å². The van der Waals surface area contributed by atoms with Crippen LogP contribution in [0.25, 0.3) is 0 Å². The van der Waals surface area contributed by atoms with Gasteiger partial charge >= 0.3 is 0 Å². The van der Waals surface area contributed by atoms with Crippen LogP contribution < -0.4 is 21.5 Å². The summed E-state index contributed by atoms with van der Waals surface area (Å²) in [5.41, 5.74) is 11.4. The SMILES string of the molecule is CCc1ccccc1NC(=S)NNC(=S)Nc1cccc(C)c1C. The average Bonchev–Trinajstić information content (AvgIpc) is 2.58.